The monoisotopic (exact) mass is 494 g/mol. The van der Waals surface area contributed by atoms with Crippen molar-refractivity contribution in [1.29, 1.82) is 0 Å². The van der Waals surface area contributed by atoms with E-state index in [1.165, 1.54) is 60.8 Å². The molecule has 0 spiro atoms. The van der Waals surface area contributed by atoms with E-state index in [4.69, 9.17) is 0 Å². The number of unbranched alkanes of at least 4 members (excludes halogenated alkanes) is 5. The zero-order chi connectivity index (χ0) is 25.6. The molecule has 4 rings (SSSR count). The zero-order valence-corrected chi connectivity index (χ0v) is 23.2. The summed E-state index contributed by atoms with van der Waals surface area (Å²) in [4.78, 5) is 14.2. The summed E-state index contributed by atoms with van der Waals surface area (Å²) in [5.41, 5.74) is 4.96. The lowest BCUT2D eigenvalue weighted by molar-refractivity contribution is 0.148. The molecule has 0 aromatic heterocycles. The van der Waals surface area contributed by atoms with Crippen LogP contribution >= 0.6 is 0 Å². The fourth-order valence-electron chi connectivity index (χ4n) is 4.51. The van der Waals surface area contributed by atoms with Gasteiger partial charge in [0.2, 0.25) is 5.96 Å². The molecule has 0 radical (unpaired) electrons. The molecular formula is C30H50N6. The van der Waals surface area contributed by atoms with E-state index in [1.54, 1.807) is 0 Å². The topological polar surface area (TPSA) is 55.3 Å². The van der Waals surface area contributed by atoms with Crippen LogP contribution in [0.5, 0.6) is 0 Å². The number of rotatable bonds is 10. The highest BCUT2D eigenvalue weighted by Crippen LogP contribution is 2.30. The molecule has 3 heterocycles. The van der Waals surface area contributed by atoms with Gasteiger partial charge in [-0.15, -0.1) is 0 Å². The van der Waals surface area contributed by atoms with Crippen molar-refractivity contribution in [2.45, 2.75) is 78.7 Å². The highest BCUT2D eigenvalue weighted by molar-refractivity contribution is 6.05. The molecule has 0 saturated carbocycles. The first-order chi connectivity index (χ1) is 17.6. The van der Waals surface area contributed by atoms with Gasteiger partial charge in [-0.2, -0.15) is 0 Å². The molecule has 1 fully saturated rings. The van der Waals surface area contributed by atoms with Gasteiger partial charge in [-0.05, 0) is 30.2 Å². The Bertz CT molecular complexity index is 907. The first-order valence-electron chi connectivity index (χ1n) is 14.2. The van der Waals surface area contributed by atoms with Gasteiger partial charge in [0.05, 0.1) is 0 Å². The lowest BCUT2D eigenvalue weighted by atomic mass is 9.94. The Morgan fingerprint density at radius 3 is 2.22 bits per heavy atom. The van der Waals surface area contributed by atoms with Crippen LogP contribution in [-0.4, -0.2) is 61.4 Å². The van der Waals surface area contributed by atoms with Crippen molar-refractivity contribution in [2.75, 3.05) is 39.8 Å². The predicted molar refractivity (Wildman–Crippen MR) is 157 cm³/mol. The Labute approximate surface area is 221 Å². The maximum atomic E-state index is 4.64. The third-order valence-corrected chi connectivity index (χ3v) is 6.96. The lowest BCUT2D eigenvalue weighted by Crippen LogP contribution is -2.43. The fourth-order valence-corrected chi connectivity index (χ4v) is 4.51. The number of fused-ring (bicyclic) bond motifs is 2. The second-order valence-electron chi connectivity index (χ2n) is 10.2. The van der Waals surface area contributed by atoms with Crippen LogP contribution in [0.2, 0.25) is 0 Å². The van der Waals surface area contributed by atoms with E-state index in [0.717, 1.165) is 63.9 Å². The molecule has 0 atom stereocenters. The number of nitrogens with one attached hydrogen (secondary N) is 2. The van der Waals surface area contributed by atoms with Crippen molar-refractivity contribution in [2.24, 2.45) is 9.98 Å². The van der Waals surface area contributed by atoms with Crippen molar-refractivity contribution in [3.63, 3.8) is 0 Å². The summed E-state index contributed by atoms with van der Waals surface area (Å²) in [6, 6.07) is 8.95. The van der Waals surface area contributed by atoms with Gasteiger partial charge >= 0.3 is 0 Å². The van der Waals surface area contributed by atoms with Gasteiger partial charge in [0.1, 0.15) is 5.84 Å². The summed E-state index contributed by atoms with van der Waals surface area (Å²) in [6.07, 6.45) is 14.0. The summed E-state index contributed by atoms with van der Waals surface area (Å²) in [5.74, 6) is 1.75. The summed E-state index contributed by atoms with van der Waals surface area (Å²) in [7, 11) is 2.20. The van der Waals surface area contributed by atoms with Crippen LogP contribution in [-0.2, 0) is 6.54 Å². The largest absolute Gasteiger partial charge is 0.356 e. The Morgan fingerprint density at radius 1 is 0.861 bits per heavy atom. The van der Waals surface area contributed by atoms with Crippen LogP contribution in [0.3, 0.4) is 0 Å². The van der Waals surface area contributed by atoms with Crippen LogP contribution in [0.25, 0.3) is 5.57 Å². The van der Waals surface area contributed by atoms with Gasteiger partial charge < -0.3 is 15.5 Å². The normalized spacial score (nSPS) is 18.0. The standard InChI is InChI=1S/C23H32N6.C7H16.H2/c1-3-4-9-24-23-26-15-20-14-22(27-23)25-16-21(20)19-7-5-18(6-8-19)17-29-12-10-28(2)11-13-29;1-3-5-7-6-4-2;/h5-8,15-16H,3-4,9-14,17H2,1-2H3,(H2,24,25,26,27);3-7H2,1-2H3;1H. The highest BCUT2D eigenvalue weighted by atomic mass is 15.2. The second-order valence-corrected chi connectivity index (χ2v) is 10.2. The number of benzene rings is 1. The Hall–Kier alpha value is -2.44. The molecule has 1 aromatic carbocycles. The minimum atomic E-state index is 0. The lowest BCUT2D eigenvalue weighted by Gasteiger charge is -2.32. The van der Waals surface area contributed by atoms with Gasteiger partial charge in [0.25, 0.3) is 0 Å². The number of hydrogen-bond donors (Lipinski definition) is 2. The SMILES string of the molecule is CCCCCCC.CCCCNC1=NC=C2CC(=NC=C2c2ccc(CN3CCN(C)CC3)cc2)N1.[HH]. The fraction of sp³-hybridized carbons (Fsp3) is 0.600. The quantitative estimate of drug-likeness (QED) is 0.390. The zero-order valence-electron chi connectivity index (χ0n) is 23.2. The number of likely N-dealkylation sites (N-methyl/N-ethyl adjacent to an activating group) is 1. The third-order valence-electron chi connectivity index (χ3n) is 6.96. The van der Waals surface area contributed by atoms with Gasteiger partial charge in [-0.25, -0.2) is 9.98 Å². The molecule has 0 amide bonds. The average Bonchev–Trinajstić information content (AvgIpc) is 3.05. The smallest absolute Gasteiger partial charge is 0.201 e. The maximum Gasteiger partial charge on any atom is 0.201 e. The molecule has 6 heteroatoms. The summed E-state index contributed by atoms with van der Waals surface area (Å²) >= 11 is 0. The number of allylic oxidation sites excluding steroid dienone is 1. The summed E-state index contributed by atoms with van der Waals surface area (Å²) < 4.78 is 0. The van der Waals surface area contributed by atoms with E-state index < -0.39 is 0 Å². The Kier molecular flexibility index (Phi) is 12.2. The molecule has 6 nitrogen and oxygen atoms in total. The van der Waals surface area contributed by atoms with Crippen LogP contribution < -0.4 is 10.6 Å². The van der Waals surface area contributed by atoms with Crippen LogP contribution in [0, 0.1) is 0 Å². The Morgan fingerprint density at radius 2 is 1.56 bits per heavy atom. The molecule has 3 aliphatic rings. The third kappa shape index (κ3) is 9.21. The molecule has 36 heavy (non-hydrogen) atoms. The van der Waals surface area contributed by atoms with E-state index in [9.17, 15) is 0 Å². The molecule has 0 aliphatic carbocycles. The van der Waals surface area contributed by atoms with Crippen LogP contribution in [0.15, 0.2) is 52.2 Å². The van der Waals surface area contributed by atoms with Gasteiger partial charge in [0, 0.05) is 65.1 Å². The van der Waals surface area contributed by atoms with E-state index in [0.29, 0.717) is 0 Å². The molecular weight excluding hydrogens is 444 g/mol. The van der Waals surface area contributed by atoms with Crippen molar-refractivity contribution < 1.29 is 1.43 Å². The molecule has 0 unspecified atom stereocenters. The van der Waals surface area contributed by atoms with Gasteiger partial charge in [-0.1, -0.05) is 83.6 Å². The predicted octanol–water partition coefficient (Wildman–Crippen LogP) is 6.03. The van der Waals surface area contributed by atoms with Crippen molar-refractivity contribution in [3.05, 3.63) is 53.4 Å². The van der Waals surface area contributed by atoms with Crippen molar-refractivity contribution in [3.8, 4) is 0 Å². The van der Waals surface area contributed by atoms with Crippen molar-refractivity contribution >= 4 is 17.4 Å². The summed E-state index contributed by atoms with van der Waals surface area (Å²) in [6.45, 7) is 13.2. The first-order valence-corrected chi connectivity index (χ1v) is 14.2. The molecule has 200 valence electrons. The average molecular weight is 495 g/mol. The van der Waals surface area contributed by atoms with Gasteiger partial charge in [-0.3, -0.25) is 4.90 Å². The molecule has 1 saturated heterocycles. The number of piperazine rings is 1. The van der Waals surface area contributed by atoms with E-state index in [2.05, 4.69) is 82.5 Å². The minimum Gasteiger partial charge on any atom is -0.356 e. The maximum absolute atomic E-state index is 4.64. The number of amidine groups is 1. The first kappa shape index (κ1) is 28.1. The highest BCUT2D eigenvalue weighted by Gasteiger charge is 2.19. The van der Waals surface area contributed by atoms with Crippen LogP contribution in [0.4, 0.5) is 0 Å². The Balaban J connectivity index is 0.000000532. The number of aliphatic imine (C=N–C) groups is 2. The van der Waals surface area contributed by atoms with Gasteiger partial charge in [0.15, 0.2) is 0 Å². The molecule has 3 aliphatic heterocycles. The molecule has 2 bridgehead atoms. The second kappa shape index (κ2) is 15.6. The molecule has 2 N–H and O–H groups in total. The van der Waals surface area contributed by atoms with E-state index in [1.807, 2.05) is 12.4 Å². The van der Waals surface area contributed by atoms with E-state index in [-0.39, 0.29) is 1.43 Å². The van der Waals surface area contributed by atoms with Crippen LogP contribution in [0.1, 0.15) is 84.7 Å². The summed E-state index contributed by atoms with van der Waals surface area (Å²) in [5, 5.41) is 6.68. The minimum absolute atomic E-state index is 0. The van der Waals surface area contributed by atoms with E-state index >= 15 is 0 Å². The molecule has 1 aromatic rings. The number of guanidine groups is 1. The number of nitrogens with zero attached hydrogens (tertiary/aromatic N) is 4. The number of hydrogen-bond acceptors (Lipinski definition) is 6. The van der Waals surface area contributed by atoms with Crippen molar-refractivity contribution in [1.82, 2.24) is 20.4 Å².